The van der Waals surface area contributed by atoms with Crippen molar-refractivity contribution in [2.24, 2.45) is 0 Å². The maximum atomic E-state index is 13.1. The van der Waals surface area contributed by atoms with Crippen LogP contribution in [0.3, 0.4) is 0 Å². The van der Waals surface area contributed by atoms with Gasteiger partial charge in [0.1, 0.15) is 29.0 Å². The number of benzene rings is 2. The molecule has 1 aromatic heterocycles. The largest absolute Gasteiger partial charge is 0.488 e. The second-order valence-corrected chi connectivity index (χ2v) is 9.50. The Balaban J connectivity index is 1.81. The lowest BCUT2D eigenvalue weighted by atomic mass is 10.1. The molecular formula is C28H33N3O8. The summed E-state index contributed by atoms with van der Waals surface area (Å²) < 4.78 is 28.3. The Morgan fingerprint density at radius 2 is 1.67 bits per heavy atom. The topological polar surface area (TPSA) is 127 Å². The predicted octanol–water partition coefficient (Wildman–Crippen LogP) is 5.30. The highest BCUT2D eigenvalue weighted by Gasteiger charge is 2.20. The van der Waals surface area contributed by atoms with Crippen molar-refractivity contribution in [1.29, 1.82) is 0 Å². The zero-order valence-electron chi connectivity index (χ0n) is 22.8. The van der Waals surface area contributed by atoms with Crippen LogP contribution in [-0.2, 0) is 14.2 Å². The molecule has 208 valence electrons. The second-order valence-electron chi connectivity index (χ2n) is 9.50. The Labute approximate surface area is 226 Å². The first-order chi connectivity index (χ1) is 18.5. The Morgan fingerprint density at radius 1 is 0.974 bits per heavy atom. The third-order valence-corrected chi connectivity index (χ3v) is 4.89. The fourth-order valence-corrected chi connectivity index (χ4v) is 3.33. The zero-order chi connectivity index (χ0) is 28.6. The summed E-state index contributed by atoms with van der Waals surface area (Å²) in [5.41, 5.74) is -0.0785. The zero-order valence-corrected chi connectivity index (χ0v) is 22.8. The molecule has 1 atom stereocenters. The molecule has 0 bridgehead atoms. The third-order valence-electron chi connectivity index (χ3n) is 4.89. The Bertz CT molecular complexity index is 1290. The smallest absolute Gasteiger partial charge is 0.435 e. The monoisotopic (exact) mass is 539 g/mol. The number of esters is 1. The van der Waals surface area contributed by atoms with E-state index < -0.39 is 23.6 Å². The van der Waals surface area contributed by atoms with Crippen LogP contribution in [0.4, 0.5) is 10.6 Å². The van der Waals surface area contributed by atoms with Gasteiger partial charge in [0.15, 0.2) is 5.82 Å². The molecule has 1 N–H and O–H groups in total. The number of nitrogens with zero attached hydrogens (tertiary/aromatic N) is 2. The van der Waals surface area contributed by atoms with E-state index in [0.29, 0.717) is 29.4 Å². The van der Waals surface area contributed by atoms with E-state index in [1.54, 1.807) is 71.2 Å². The van der Waals surface area contributed by atoms with Crippen molar-refractivity contribution in [1.82, 2.24) is 9.78 Å². The van der Waals surface area contributed by atoms with Gasteiger partial charge < -0.3 is 29.0 Å². The van der Waals surface area contributed by atoms with Crippen LogP contribution in [0.5, 0.6) is 17.2 Å². The van der Waals surface area contributed by atoms with E-state index in [-0.39, 0.29) is 24.1 Å². The minimum atomic E-state index is -0.692. The Morgan fingerprint density at radius 3 is 2.31 bits per heavy atom. The fourth-order valence-electron chi connectivity index (χ4n) is 3.33. The number of carbonyl (C=O) groups excluding carboxylic acids is 3. The van der Waals surface area contributed by atoms with Crippen LogP contribution in [0.2, 0.25) is 0 Å². The summed E-state index contributed by atoms with van der Waals surface area (Å²) in [5.74, 6) is 0.362. The molecule has 1 amide bonds. The standard InChI is InChI=1S/C28H33N3O8/c1-7-36-26(33)19-8-10-21(11-9-19)38-23-15-20(14-22(16-23)37-18(2)17-35-6)25(32)29-24-12-13-31(30-24)27(34)39-28(3,4)5/h8-16,18H,7,17H2,1-6H3,(H,29,30,32)/t18-/m0/s1. The molecule has 0 aliphatic heterocycles. The number of nitrogens with one attached hydrogen (secondary N) is 1. The van der Waals surface area contributed by atoms with Crippen molar-refractivity contribution in [2.45, 2.75) is 46.3 Å². The SMILES string of the molecule is CCOC(=O)c1ccc(Oc2cc(O[C@@H](C)COC)cc(C(=O)Nc3ccn(C(=O)OC(C)(C)C)n3)c2)cc1. The van der Waals surface area contributed by atoms with Gasteiger partial charge in [0.05, 0.1) is 18.8 Å². The minimum Gasteiger partial charge on any atom is -0.488 e. The van der Waals surface area contributed by atoms with Crippen molar-refractivity contribution in [3.05, 3.63) is 65.9 Å². The normalized spacial score (nSPS) is 11.8. The summed E-state index contributed by atoms with van der Waals surface area (Å²) in [7, 11) is 1.56. The molecule has 0 radical (unpaired) electrons. The second kappa shape index (κ2) is 12.9. The number of aromatic nitrogens is 2. The molecule has 11 heteroatoms. The van der Waals surface area contributed by atoms with Crippen LogP contribution in [0.25, 0.3) is 0 Å². The number of hydrogen-bond donors (Lipinski definition) is 1. The molecule has 3 aromatic rings. The van der Waals surface area contributed by atoms with Gasteiger partial charge in [0.2, 0.25) is 0 Å². The van der Waals surface area contributed by atoms with Crippen LogP contribution < -0.4 is 14.8 Å². The number of carbonyl (C=O) groups is 3. The molecule has 2 aromatic carbocycles. The molecule has 39 heavy (non-hydrogen) atoms. The molecule has 0 spiro atoms. The lowest BCUT2D eigenvalue weighted by Crippen LogP contribution is -2.27. The molecule has 0 unspecified atom stereocenters. The van der Waals surface area contributed by atoms with E-state index in [2.05, 4.69) is 10.4 Å². The van der Waals surface area contributed by atoms with E-state index in [1.165, 1.54) is 18.3 Å². The maximum Gasteiger partial charge on any atom is 0.435 e. The van der Waals surface area contributed by atoms with Crippen molar-refractivity contribution in [3.63, 3.8) is 0 Å². The van der Waals surface area contributed by atoms with Crippen LogP contribution in [0.15, 0.2) is 54.7 Å². The average molecular weight is 540 g/mol. The number of methoxy groups -OCH3 is 1. The van der Waals surface area contributed by atoms with Crippen molar-refractivity contribution < 1.29 is 38.1 Å². The van der Waals surface area contributed by atoms with Crippen molar-refractivity contribution in [2.75, 3.05) is 25.6 Å². The van der Waals surface area contributed by atoms with E-state index in [1.807, 2.05) is 6.92 Å². The Kier molecular flexibility index (Phi) is 9.67. The summed E-state index contributed by atoms with van der Waals surface area (Å²) in [6, 6.07) is 12.6. The van der Waals surface area contributed by atoms with Gasteiger partial charge in [-0.2, -0.15) is 4.68 Å². The highest BCUT2D eigenvalue weighted by atomic mass is 16.6. The first-order valence-electron chi connectivity index (χ1n) is 12.3. The lowest BCUT2D eigenvalue weighted by Gasteiger charge is -2.18. The molecule has 11 nitrogen and oxygen atoms in total. The van der Waals surface area contributed by atoms with E-state index >= 15 is 0 Å². The predicted molar refractivity (Wildman–Crippen MR) is 143 cm³/mol. The fraction of sp³-hybridized carbons (Fsp3) is 0.357. The number of anilines is 1. The number of ether oxygens (including phenoxy) is 5. The summed E-state index contributed by atoms with van der Waals surface area (Å²) in [6.45, 7) is 9.41. The van der Waals surface area contributed by atoms with Crippen molar-refractivity contribution >= 4 is 23.8 Å². The van der Waals surface area contributed by atoms with E-state index in [9.17, 15) is 14.4 Å². The molecule has 0 aliphatic carbocycles. The van der Waals surface area contributed by atoms with Gasteiger partial charge in [-0.05, 0) is 71.0 Å². The van der Waals surface area contributed by atoms with E-state index in [0.717, 1.165) is 4.68 Å². The summed E-state index contributed by atoms with van der Waals surface area (Å²) in [4.78, 5) is 37.3. The number of amides is 1. The van der Waals surface area contributed by atoms with Crippen LogP contribution in [-0.4, -0.2) is 59.8 Å². The van der Waals surface area contributed by atoms with Gasteiger partial charge in [-0.15, -0.1) is 5.10 Å². The minimum absolute atomic E-state index is 0.155. The molecule has 0 fully saturated rings. The summed E-state index contributed by atoms with van der Waals surface area (Å²) >= 11 is 0. The average Bonchev–Trinajstić information content (AvgIpc) is 3.32. The van der Waals surface area contributed by atoms with Crippen LogP contribution >= 0.6 is 0 Å². The maximum absolute atomic E-state index is 13.1. The lowest BCUT2D eigenvalue weighted by molar-refractivity contribution is 0.0509. The highest BCUT2D eigenvalue weighted by molar-refractivity contribution is 6.04. The van der Waals surface area contributed by atoms with Gasteiger partial charge in [-0.1, -0.05) is 0 Å². The number of rotatable bonds is 10. The molecule has 0 aliphatic rings. The van der Waals surface area contributed by atoms with Crippen molar-refractivity contribution in [3.8, 4) is 17.2 Å². The molecule has 0 saturated heterocycles. The van der Waals surface area contributed by atoms with Gasteiger partial charge in [0, 0.05) is 31.0 Å². The van der Waals surface area contributed by atoms with Gasteiger partial charge in [-0.25, -0.2) is 9.59 Å². The first kappa shape index (κ1) is 29.2. The molecule has 3 rings (SSSR count). The van der Waals surface area contributed by atoms with Crippen LogP contribution in [0.1, 0.15) is 55.3 Å². The van der Waals surface area contributed by atoms with Crippen LogP contribution in [0, 0.1) is 0 Å². The third kappa shape index (κ3) is 8.85. The summed E-state index contributed by atoms with van der Waals surface area (Å²) in [5, 5.41) is 6.73. The highest BCUT2D eigenvalue weighted by Crippen LogP contribution is 2.29. The molecule has 0 saturated carbocycles. The Hall–Kier alpha value is -4.38. The molecular weight excluding hydrogens is 506 g/mol. The quantitative estimate of drug-likeness (QED) is 0.341. The van der Waals surface area contributed by atoms with Gasteiger partial charge >= 0.3 is 12.1 Å². The van der Waals surface area contributed by atoms with Gasteiger partial charge in [-0.3, -0.25) is 4.79 Å². The molecule has 1 heterocycles. The first-order valence-corrected chi connectivity index (χ1v) is 12.3. The number of hydrogen-bond acceptors (Lipinski definition) is 9. The van der Waals surface area contributed by atoms with E-state index in [4.69, 9.17) is 23.7 Å². The summed E-state index contributed by atoms with van der Waals surface area (Å²) in [6.07, 6.45) is 0.425. The van der Waals surface area contributed by atoms with Gasteiger partial charge in [0.25, 0.3) is 5.91 Å².